The number of esters is 3. The SMILES string of the molecule is COC(=O)CCOCC(COCCC(=O)OC(C)(C)C)(COCCC(=O)OC(C)(C)C)NC(=O)OCc1ccccc1. The van der Waals surface area contributed by atoms with Gasteiger partial charge in [0.1, 0.15) is 23.3 Å². The van der Waals surface area contributed by atoms with E-state index in [0.717, 1.165) is 5.56 Å². The summed E-state index contributed by atoms with van der Waals surface area (Å²) in [5, 5.41) is 2.77. The van der Waals surface area contributed by atoms with Crippen molar-refractivity contribution < 1.29 is 52.3 Å². The standard InChI is InChI=1S/C30H47NO11/c1-28(2,3)41-25(33)14-17-38-21-30(20-37-16-13-24(32)36-7,22-39-18-15-26(34)42-29(4,5)6)31-27(35)40-19-23-11-9-8-10-12-23/h8-12H,13-22H2,1-7H3,(H,31,35). The number of nitrogens with one attached hydrogen (secondary N) is 1. The van der Waals surface area contributed by atoms with Gasteiger partial charge >= 0.3 is 24.0 Å². The minimum absolute atomic E-state index is 0.00250. The topological polar surface area (TPSA) is 145 Å². The molecule has 1 aromatic rings. The molecule has 0 heterocycles. The highest BCUT2D eigenvalue weighted by molar-refractivity contribution is 5.70. The molecule has 12 nitrogen and oxygen atoms in total. The lowest BCUT2D eigenvalue weighted by Gasteiger charge is -2.33. The smallest absolute Gasteiger partial charge is 0.408 e. The van der Waals surface area contributed by atoms with Crippen LogP contribution in [0.5, 0.6) is 0 Å². The first-order chi connectivity index (χ1) is 19.6. The van der Waals surface area contributed by atoms with Crippen LogP contribution >= 0.6 is 0 Å². The Hall–Kier alpha value is -3.22. The van der Waals surface area contributed by atoms with Crippen LogP contribution in [0, 0.1) is 0 Å². The van der Waals surface area contributed by atoms with E-state index >= 15 is 0 Å². The Morgan fingerprint density at radius 2 is 1.10 bits per heavy atom. The zero-order valence-corrected chi connectivity index (χ0v) is 25.9. The van der Waals surface area contributed by atoms with Gasteiger partial charge in [0.15, 0.2) is 0 Å². The number of hydrogen-bond acceptors (Lipinski definition) is 11. The second-order valence-corrected chi connectivity index (χ2v) is 11.6. The summed E-state index contributed by atoms with van der Waals surface area (Å²) in [5.41, 5.74) is -1.79. The van der Waals surface area contributed by atoms with Crippen molar-refractivity contribution in [2.24, 2.45) is 0 Å². The Bertz CT molecular complexity index is 932. The molecule has 0 aromatic heterocycles. The van der Waals surface area contributed by atoms with Gasteiger partial charge < -0.3 is 38.5 Å². The summed E-state index contributed by atoms with van der Waals surface area (Å²) in [4.78, 5) is 48.7. The molecule has 0 aliphatic heterocycles. The zero-order valence-electron chi connectivity index (χ0n) is 25.9. The van der Waals surface area contributed by atoms with Gasteiger partial charge in [-0.15, -0.1) is 0 Å². The molecular weight excluding hydrogens is 550 g/mol. The van der Waals surface area contributed by atoms with Crippen LogP contribution in [0.15, 0.2) is 30.3 Å². The first-order valence-corrected chi connectivity index (χ1v) is 13.9. The molecule has 0 bridgehead atoms. The van der Waals surface area contributed by atoms with E-state index in [4.69, 9.17) is 28.4 Å². The van der Waals surface area contributed by atoms with Gasteiger partial charge in [-0.25, -0.2) is 4.79 Å². The Morgan fingerprint density at radius 3 is 1.50 bits per heavy atom. The lowest BCUT2D eigenvalue weighted by atomic mass is 10.0. The molecule has 12 heteroatoms. The van der Waals surface area contributed by atoms with E-state index in [9.17, 15) is 19.2 Å². The molecule has 1 amide bonds. The van der Waals surface area contributed by atoms with Crippen LogP contribution in [0.1, 0.15) is 66.4 Å². The number of benzene rings is 1. The average molecular weight is 598 g/mol. The third kappa shape index (κ3) is 18.3. The molecule has 0 aliphatic carbocycles. The van der Waals surface area contributed by atoms with Crippen LogP contribution in [0.3, 0.4) is 0 Å². The molecule has 0 spiro atoms. The third-order valence-corrected chi connectivity index (χ3v) is 5.13. The van der Waals surface area contributed by atoms with Crippen LogP contribution in [-0.2, 0) is 54.1 Å². The lowest BCUT2D eigenvalue weighted by molar-refractivity contribution is -0.157. The van der Waals surface area contributed by atoms with Crippen molar-refractivity contribution in [1.82, 2.24) is 5.32 Å². The maximum atomic E-state index is 12.9. The molecule has 0 saturated carbocycles. The van der Waals surface area contributed by atoms with E-state index in [-0.39, 0.29) is 65.5 Å². The van der Waals surface area contributed by atoms with Crippen molar-refractivity contribution >= 4 is 24.0 Å². The van der Waals surface area contributed by atoms with Crippen molar-refractivity contribution in [3.8, 4) is 0 Å². The van der Waals surface area contributed by atoms with Crippen LogP contribution in [0.4, 0.5) is 4.79 Å². The van der Waals surface area contributed by atoms with Gasteiger partial charge in [-0.1, -0.05) is 30.3 Å². The van der Waals surface area contributed by atoms with E-state index in [2.05, 4.69) is 10.1 Å². The second kappa shape index (κ2) is 18.3. The molecule has 238 valence electrons. The molecule has 1 aromatic carbocycles. The highest BCUT2D eigenvalue weighted by Gasteiger charge is 2.35. The number of ether oxygens (including phenoxy) is 7. The number of alkyl carbamates (subject to hydrolysis) is 1. The third-order valence-electron chi connectivity index (χ3n) is 5.13. The maximum Gasteiger partial charge on any atom is 0.408 e. The molecule has 0 unspecified atom stereocenters. The van der Waals surface area contributed by atoms with Gasteiger partial charge in [-0.3, -0.25) is 14.4 Å². The van der Waals surface area contributed by atoms with Crippen molar-refractivity contribution in [3.63, 3.8) is 0 Å². The summed E-state index contributed by atoms with van der Waals surface area (Å²) < 4.78 is 37.9. The quantitative estimate of drug-likeness (QED) is 0.150. The van der Waals surface area contributed by atoms with Crippen molar-refractivity contribution in [2.45, 2.75) is 84.2 Å². The number of carbonyl (C=O) groups excluding carboxylic acids is 4. The summed E-state index contributed by atoms with van der Waals surface area (Å²) in [6, 6.07) is 9.13. The predicted octanol–water partition coefficient (Wildman–Crippen LogP) is 3.73. The predicted molar refractivity (Wildman–Crippen MR) is 153 cm³/mol. The molecule has 0 saturated heterocycles. The van der Waals surface area contributed by atoms with Crippen molar-refractivity contribution in [3.05, 3.63) is 35.9 Å². The minimum Gasteiger partial charge on any atom is -0.469 e. The first-order valence-electron chi connectivity index (χ1n) is 13.9. The molecular formula is C30H47NO11. The average Bonchev–Trinajstić information content (AvgIpc) is 2.89. The van der Waals surface area contributed by atoms with Gasteiger partial charge in [0, 0.05) is 0 Å². The van der Waals surface area contributed by atoms with Crippen molar-refractivity contribution in [2.75, 3.05) is 46.8 Å². The largest absolute Gasteiger partial charge is 0.469 e. The Morgan fingerprint density at radius 1 is 0.667 bits per heavy atom. The monoisotopic (exact) mass is 597 g/mol. The number of hydrogen-bond donors (Lipinski definition) is 1. The first kappa shape index (κ1) is 36.8. The fraction of sp³-hybridized carbons (Fsp3) is 0.667. The van der Waals surface area contributed by atoms with Gasteiger partial charge in [-0.05, 0) is 47.1 Å². The zero-order chi connectivity index (χ0) is 31.7. The Labute approximate surface area is 248 Å². The van der Waals surface area contributed by atoms with E-state index in [1.807, 2.05) is 30.3 Å². The van der Waals surface area contributed by atoms with Gasteiger partial charge in [0.05, 0.1) is 66.0 Å². The highest BCUT2D eigenvalue weighted by atomic mass is 16.6. The molecule has 1 rings (SSSR count). The normalized spacial score (nSPS) is 11.9. The number of amides is 1. The summed E-state index contributed by atoms with van der Waals surface area (Å²) in [7, 11) is 1.27. The summed E-state index contributed by atoms with van der Waals surface area (Å²) in [6.45, 7) is 10.2. The molecule has 42 heavy (non-hydrogen) atoms. The van der Waals surface area contributed by atoms with Crippen LogP contribution in [-0.4, -0.2) is 87.5 Å². The van der Waals surface area contributed by atoms with E-state index in [1.165, 1.54) is 7.11 Å². The summed E-state index contributed by atoms with van der Waals surface area (Å²) in [6.07, 6.45) is -0.811. The highest BCUT2D eigenvalue weighted by Crippen LogP contribution is 2.14. The molecule has 0 fully saturated rings. The fourth-order valence-electron chi connectivity index (χ4n) is 3.37. The molecule has 0 radical (unpaired) electrons. The number of methoxy groups -OCH3 is 1. The van der Waals surface area contributed by atoms with E-state index < -0.39 is 40.7 Å². The van der Waals surface area contributed by atoms with Gasteiger partial charge in [-0.2, -0.15) is 0 Å². The second-order valence-electron chi connectivity index (χ2n) is 11.6. The molecule has 0 atom stereocenters. The summed E-state index contributed by atoms with van der Waals surface area (Å²) >= 11 is 0. The van der Waals surface area contributed by atoms with Crippen molar-refractivity contribution in [1.29, 1.82) is 0 Å². The Balaban J connectivity index is 2.96. The van der Waals surface area contributed by atoms with Crippen LogP contribution < -0.4 is 5.32 Å². The van der Waals surface area contributed by atoms with Gasteiger partial charge in [0.2, 0.25) is 0 Å². The van der Waals surface area contributed by atoms with E-state index in [1.54, 1.807) is 41.5 Å². The molecule has 1 N–H and O–H groups in total. The lowest BCUT2D eigenvalue weighted by Crippen LogP contribution is -2.58. The minimum atomic E-state index is -1.30. The van der Waals surface area contributed by atoms with Crippen LogP contribution in [0.25, 0.3) is 0 Å². The van der Waals surface area contributed by atoms with E-state index in [0.29, 0.717) is 0 Å². The maximum absolute atomic E-state index is 12.9. The van der Waals surface area contributed by atoms with Crippen LogP contribution in [0.2, 0.25) is 0 Å². The summed E-state index contributed by atoms with van der Waals surface area (Å²) in [5.74, 6) is -1.34. The number of carbonyl (C=O) groups is 4. The Kier molecular flexibility index (Phi) is 16.1. The fourth-order valence-corrected chi connectivity index (χ4v) is 3.37. The molecule has 0 aliphatic rings. The van der Waals surface area contributed by atoms with Gasteiger partial charge in [0.25, 0.3) is 0 Å². The number of rotatable bonds is 18.